The Morgan fingerprint density at radius 1 is 1.19 bits per heavy atom. The number of phenolic OH excluding ortho intramolecular Hbond substituents is 1. The molecule has 1 amide bonds. The van der Waals surface area contributed by atoms with Crippen molar-refractivity contribution in [3.05, 3.63) is 65.2 Å². The highest BCUT2D eigenvalue weighted by molar-refractivity contribution is 6.03. The van der Waals surface area contributed by atoms with E-state index < -0.39 is 5.91 Å². The number of phenols is 1. The van der Waals surface area contributed by atoms with Gasteiger partial charge in [0.2, 0.25) is 0 Å². The van der Waals surface area contributed by atoms with E-state index >= 15 is 0 Å². The number of aryl methyl sites for hydroxylation is 1. The van der Waals surface area contributed by atoms with Crippen LogP contribution in [0.2, 0.25) is 0 Å². The van der Waals surface area contributed by atoms with Gasteiger partial charge in [-0.2, -0.15) is 5.10 Å². The molecule has 1 aromatic heterocycles. The van der Waals surface area contributed by atoms with Gasteiger partial charge in [-0.1, -0.05) is 31.2 Å². The second-order valence-electron chi connectivity index (χ2n) is 5.89. The molecule has 3 aromatic rings. The van der Waals surface area contributed by atoms with E-state index in [4.69, 9.17) is 5.73 Å². The molecule has 0 aliphatic rings. The monoisotopic (exact) mass is 351 g/mol. The zero-order valence-corrected chi connectivity index (χ0v) is 14.4. The number of benzene rings is 2. The van der Waals surface area contributed by atoms with Crippen LogP contribution in [-0.2, 0) is 13.0 Å². The van der Waals surface area contributed by atoms with Gasteiger partial charge in [0.1, 0.15) is 17.1 Å². The summed E-state index contributed by atoms with van der Waals surface area (Å²) in [4.78, 5) is 11.9. The van der Waals surface area contributed by atoms with Crippen LogP contribution in [0, 0.1) is 0 Å². The van der Waals surface area contributed by atoms with Crippen molar-refractivity contribution in [3.8, 4) is 5.75 Å². The molecule has 26 heavy (non-hydrogen) atoms. The normalized spacial score (nSPS) is 10.5. The number of carbonyl (C=O) groups is 1. The summed E-state index contributed by atoms with van der Waals surface area (Å²) >= 11 is 0. The Labute approximate surface area is 151 Å². The molecule has 3 rings (SSSR count). The van der Waals surface area contributed by atoms with Crippen molar-refractivity contribution >= 4 is 23.2 Å². The molecule has 6 N–H and O–H groups in total. The number of rotatable bonds is 7. The molecule has 0 saturated heterocycles. The van der Waals surface area contributed by atoms with Crippen molar-refractivity contribution in [2.75, 3.05) is 10.6 Å². The minimum atomic E-state index is -0.582. The number of aromatic amines is 1. The van der Waals surface area contributed by atoms with E-state index in [0.29, 0.717) is 18.2 Å². The van der Waals surface area contributed by atoms with Gasteiger partial charge in [0.25, 0.3) is 5.91 Å². The predicted octanol–water partition coefficient (Wildman–Crippen LogP) is 3.13. The average Bonchev–Trinajstić information content (AvgIpc) is 3.04. The van der Waals surface area contributed by atoms with E-state index in [2.05, 4.69) is 27.8 Å². The van der Waals surface area contributed by atoms with Gasteiger partial charge in [0, 0.05) is 12.2 Å². The van der Waals surface area contributed by atoms with Crippen molar-refractivity contribution in [1.29, 1.82) is 0 Å². The summed E-state index contributed by atoms with van der Waals surface area (Å²) < 4.78 is 0. The lowest BCUT2D eigenvalue weighted by Crippen LogP contribution is -2.15. The summed E-state index contributed by atoms with van der Waals surface area (Å²) in [5, 5.41) is 22.6. The maximum atomic E-state index is 11.9. The van der Waals surface area contributed by atoms with E-state index in [0.717, 1.165) is 17.7 Å². The Kier molecular flexibility index (Phi) is 5.07. The van der Waals surface area contributed by atoms with Crippen molar-refractivity contribution in [3.63, 3.8) is 0 Å². The topological polar surface area (TPSA) is 116 Å². The lowest BCUT2D eigenvalue weighted by atomic mass is 10.1. The largest absolute Gasteiger partial charge is 0.508 e. The number of anilines is 3. The number of hydrogen-bond donors (Lipinski definition) is 5. The van der Waals surface area contributed by atoms with Crippen LogP contribution in [0.4, 0.5) is 17.3 Å². The third kappa shape index (κ3) is 3.94. The number of nitrogens with one attached hydrogen (secondary N) is 3. The molecular weight excluding hydrogens is 330 g/mol. The fourth-order valence-electron chi connectivity index (χ4n) is 2.61. The number of carbonyl (C=O) groups excluding carboxylic acids is 1. The molecule has 0 unspecified atom stereocenters. The van der Waals surface area contributed by atoms with Crippen molar-refractivity contribution in [1.82, 2.24) is 10.2 Å². The van der Waals surface area contributed by atoms with Gasteiger partial charge in [-0.05, 0) is 41.8 Å². The molecule has 7 heteroatoms. The SMILES string of the molecule is CCc1cccc(Nc2[nH]nc(NCc3ccc(O)cc3)c2C(N)=O)c1. The molecule has 0 aliphatic carbocycles. The summed E-state index contributed by atoms with van der Waals surface area (Å²) in [6, 6.07) is 14.7. The predicted molar refractivity (Wildman–Crippen MR) is 102 cm³/mol. The standard InChI is InChI=1S/C19H21N5O2/c1-2-12-4-3-5-14(10-12)22-19-16(17(20)26)18(23-24-19)21-11-13-6-8-15(25)9-7-13/h3-10,25H,2,11H2,1H3,(H2,20,26)(H3,21,22,23,24). The van der Waals surface area contributed by atoms with E-state index in [9.17, 15) is 9.90 Å². The van der Waals surface area contributed by atoms with Crippen LogP contribution in [0.15, 0.2) is 48.5 Å². The van der Waals surface area contributed by atoms with Gasteiger partial charge < -0.3 is 21.5 Å². The maximum absolute atomic E-state index is 11.9. The van der Waals surface area contributed by atoms with E-state index in [1.807, 2.05) is 24.3 Å². The van der Waals surface area contributed by atoms with Gasteiger partial charge in [-0.3, -0.25) is 9.89 Å². The highest BCUT2D eigenvalue weighted by Crippen LogP contribution is 2.25. The Hall–Kier alpha value is -3.48. The van der Waals surface area contributed by atoms with E-state index in [-0.39, 0.29) is 11.3 Å². The van der Waals surface area contributed by atoms with Crippen LogP contribution in [-0.4, -0.2) is 21.2 Å². The molecule has 0 aliphatic heterocycles. The van der Waals surface area contributed by atoms with Crippen LogP contribution >= 0.6 is 0 Å². The number of primary amides is 1. The first-order valence-corrected chi connectivity index (χ1v) is 8.32. The van der Waals surface area contributed by atoms with Crippen LogP contribution in [0.3, 0.4) is 0 Å². The molecule has 2 aromatic carbocycles. The molecule has 1 heterocycles. The molecule has 0 radical (unpaired) electrons. The Morgan fingerprint density at radius 2 is 1.96 bits per heavy atom. The Bertz CT molecular complexity index is 903. The quantitative estimate of drug-likeness (QED) is 0.448. The van der Waals surface area contributed by atoms with E-state index in [1.165, 1.54) is 5.56 Å². The second-order valence-corrected chi connectivity index (χ2v) is 5.89. The molecule has 0 bridgehead atoms. The first-order valence-electron chi connectivity index (χ1n) is 8.32. The number of nitrogens with zero attached hydrogens (tertiary/aromatic N) is 1. The molecule has 0 saturated carbocycles. The molecule has 0 atom stereocenters. The number of nitrogens with two attached hydrogens (primary N) is 1. The fraction of sp³-hybridized carbons (Fsp3) is 0.158. The third-order valence-electron chi connectivity index (χ3n) is 4.01. The Balaban J connectivity index is 1.79. The number of H-pyrrole nitrogens is 1. The first kappa shape index (κ1) is 17.3. The van der Waals surface area contributed by atoms with Gasteiger partial charge in [0.15, 0.2) is 5.82 Å². The van der Waals surface area contributed by atoms with Crippen LogP contribution in [0.5, 0.6) is 5.75 Å². The van der Waals surface area contributed by atoms with Crippen LogP contribution in [0.25, 0.3) is 0 Å². The van der Waals surface area contributed by atoms with Crippen LogP contribution in [0.1, 0.15) is 28.4 Å². The average molecular weight is 351 g/mol. The van der Waals surface area contributed by atoms with Gasteiger partial charge in [0.05, 0.1) is 0 Å². The smallest absolute Gasteiger partial charge is 0.256 e. The zero-order chi connectivity index (χ0) is 18.5. The minimum Gasteiger partial charge on any atom is -0.508 e. The molecule has 134 valence electrons. The van der Waals surface area contributed by atoms with Crippen LogP contribution < -0.4 is 16.4 Å². The summed E-state index contributed by atoms with van der Waals surface area (Å²) in [7, 11) is 0. The highest BCUT2D eigenvalue weighted by Gasteiger charge is 2.18. The number of amides is 1. The van der Waals surface area contributed by atoms with E-state index in [1.54, 1.807) is 24.3 Å². The van der Waals surface area contributed by atoms with Crippen molar-refractivity contribution < 1.29 is 9.90 Å². The second kappa shape index (κ2) is 7.60. The molecule has 0 spiro atoms. The maximum Gasteiger partial charge on any atom is 0.256 e. The number of hydrogen-bond acceptors (Lipinski definition) is 5. The van der Waals surface area contributed by atoms with Gasteiger partial charge in [-0.25, -0.2) is 0 Å². The fourth-order valence-corrected chi connectivity index (χ4v) is 2.61. The number of aromatic nitrogens is 2. The highest BCUT2D eigenvalue weighted by atomic mass is 16.3. The summed E-state index contributed by atoms with van der Waals surface area (Å²) in [5.41, 5.74) is 8.78. The minimum absolute atomic E-state index is 0.201. The summed E-state index contributed by atoms with van der Waals surface area (Å²) in [6.45, 7) is 2.52. The van der Waals surface area contributed by atoms with Crippen molar-refractivity contribution in [2.45, 2.75) is 19.9 Å². The van der Waals surface area contributed by atoms with Crippen molar-refractivity contribution in [2.24, 2.45) is 5.73 Å². The third-order valence-corrected chi connectivity index (χ3v) is 4.01. The van der Waals surface area contributed by atoms with Gasteiger partial charge in [-0.15, -0.1) is 0 Å². The lowest BCUT2D eigenvalue weighted by molar-refractivity contribution is 0.100. The first-order chi connectivity index (χ1) is 12.6. The summed E-state index contributed by atoms with van der Waals surface area (Å²) in [5.74, 6) is 0.437. The molecular formula is C19H21N5O2. The Morgan fingerprint density at radius 3 is 2.65 bits per heavy atom. The zero-order valence-electron chi connectivity index (χ0n) is 14.4. The molecule has 7 nitrogen and oxygen atoms in total. The number of aromatic hydroxyl groups is 1. The summed E-state index contributed by atoms with van der Waals surface area (Å²) in [6.07, 6.45) is 0.917. The molecule has 0 fully saturated rings. The lowest BCUT2D eigenvalue weighted by Gasteiger charge is -2.08. The van der Waals surface area contributed by atoms with Gasteiger partial charge >= 0.3 is 0 Å².